The lowest BCUT2D eigenvalue weighted by Gasteiger charge is -2.17. The molecular weight excluding hydrogens is 327 g/mol. The minimum Gasteiger partial charge on any atom is -0.444 e. The van der Waals surface area contributed by atoms with Gasteiger partial charge in [0.25, 0.3) is 0 Å². The zero-order valence-electron chi connectivity index (χ0n) is 15.0. The van der Waals surface area contributed by atoms with Gasteiger partial charge in [0.15, 0.2) is 0 Å². The summed E-state index contributed by atoms with van der Waals surface area (Å²) in [5.41, 5.74) is 0. The molecule has 9 heteroatoms. The first-order valence-electron chi connectivity index (χ1n) is 9.00. The van der Waals surface area contributed by atoms with Gasteiger partial charge in [-0.2, -0.15) is 0 Å². The third kappa shape index (κ3) is 7.11. The van der Waals surface area contributed by atoms with E-state index in [1.165, 1.54) is 7.69 Å². The van der Waals surface area contributed by atoms with Crippen LogP contribution in [0.4, 0.5) is 9.59 Å². The fraction of sp³-hybridized carbons (Fsp3) is 0.875. The molecular formula is C16H28BN2O6. The maximum atomic E-state index is 11.0. The third-order valence-electron chi connectivity index (χ3n) is 4.66. The molecule has 0 aromatic heterocycles. The number of cyclic esters (lactones) is 2. The molecule has 2 saturated heterocycles. The van der Waals surface area contributed by atoms with Gasteiger partial charge in [-0.25, -0.2) is 9.59 Å². The molecule has 0 saturated carbocycles. The van der Waals surface area contributed by atoms with E-state index < -0.39 is 0 Å². The third-order valence-corrected chi connectivity index (χ3v) is 4.66. The number of hydrogen-bond acceptors (Lipinski definition) is 6. The Morgan fingerprint density at radius 2 is 1.40 bits per heavy atom. The number of hydrogen-bond donors (Lipinski definition) is 2. The number of carbonyl (C=O) groups is 2. The minimum absolute atomic E-state index is 0.0379. The predicted octanol–water partition coefficient (Wildman–Crippen LogP) is 1.60. The molecule has 0 aromatic carbocycles. The summed E-state index contributed by atoms with van der Waals surface area (Å²) in [5.74, 6) is 0.619. The average Bonchev–Trinajstić information content (AvgIpc) is 3.21. The Morgan fingerprint density at radius 3 is 1.76 bits per heavy atom. The van der Waals surface area contributed by atoms with Gasteiger partial charge in [-0.05, 0) is 37.5 Å². The fourth-order valence-electron chi connectivity index (χ4n) is 2.94. The molecule has 1 radical (unpaired) electrons. The molecule has 25 heavy (non-hydrogen) atoms. The van der Waals surface area contributed by atoms with Gasteiger partial charge in [0.1, 0.15) is 12.2 Å². The quantitative estimate of drug-likeness (QED) is 0.408. The van der Waals surface area contributed by atoms with E-state index in [-0.39, 0.29) is 24.4 Å². The van der Waals surface area contributed by atoms with Gasteiger partial charge in [0.2, 0.25) is 0 Å². The van der Waals surface area contributed by atoms with Gasteiger partial charge >= 0.3 is 19.9 Å². The summed E-state index contributed by atoms with van der Waals surface area (Å²) in [7, 11) is 1.39. The summed E-state index contributed by atoms with van der Waals surface area (Å²) in [4.78, 5) is 22.0. The smallest absolute Gasteiger partial charge is 0.444 e. The summed E-state index contributed by atoms with van der Waals surface area (Å²) >= 11 is 0. The van der Waals surface area contributed by atoms with Crippen molar-refractivity contribution >= 4 is 19.9 Å². The lowest BCUT2D eigenvalue weighted by Crippen LogP contribution is -2.23. The summed E-state index contributed by atoms with van der Waals surface area (Å²) < 4.78 is 21.0. The van der Waals surface area contributed by atoms with E-state index in [0.29, 0.717) is 38.1 Å². The van der Waals surface area contributed by atoms with Crippen LogP contribution in [0, 0.1) is 11.8 Å². The maximum Gasteiger partial charge on any atom is 0.487 e. The Bertz CT molecular complexity index is 401. The molecule has 2 rings (SSSR count). The fourth-order valence-corrected chi connectivity index (χ4v) is 2.94. The standard InChI is InChI=1S/C16H28BN2O6/c1-11(13-9-18-15(20)24-13)5-3-7-22-17-23-8-4-6-12(2)14-10-19-16(21)25-14/h11-14H,3-10H2,1-2H3,(H,18,20)(H,19,21). The van der Waals surface area contributed by atoms with Gasteiger partial charge in [0, 0.05) is 13.2 Å². The van der Waals surface area contributed by atoms with Crippen molar-refractivity contribution in [2.24, 2.45) is 11.8 Å². The lowest BCUT2D eigenvalue weighted by molar-refractivity contribution is 0.103. The van der Waals surface area contributed by atoms with Crippen LogP contribution in [-0.4, -0.2) is 58.4 Å². The first-order chi connectivity index (χ1) is 12.1. The molecule has 4 unspecified atom stereocenters. The topological polar surface area (TPSA) is 95.1 Å². The summed E-state index contributed by atoms with van der Waals surface area (Å²) in [6, 6.07) is 0. The Balaban J connectivity index is 1.37. The highest BCUT2D eigenvalue weighted by Crippen LogP contribution is 2.18. The van der Waals surface area contributed by atoms with Crippen LogP contribution in [0.25, 0.3) is 0 Å². The minimum atomic E-state index is -0.327. The van der Waals surface area contributed by atoms with E-state index in [0.717, 1.165) is 25.7 Å². The van der Waals surface area contributed by atoms with Crippen LogP contribution in [0.2, 0.25) is 0 Å². The van der Waals surface area contributed by atoms with Crippen LogP contribution >= 0.6 is 0 Å². The van der Waals surface area contributed by atoms with Gasteiger partial charge in [-0.1, -0.05) is 13.8 Å². The molecule has 4 atom stereocenters. The Hall–Kier alpha value is -1.48. The second kappa shape index (κ2) is 10.5. The molecule has 2 N–H and O–H groups in total. The van der Waals surface area contributed by atoms with Crippen molar-refractivity contribution in [2.75, 3.05) is 26.3 Å². The van der Waals surface area contributed by atoms with Crippen molar-refractivity contribution in [3.63, 3.8) is 0 Å². The van der Waals surface area contributed by atoms with Crippen molar-refractivity contribution in [2.45, 2.75) is 51.7 Å². The van der Waals surface area contributed by atoms with Crippen molar-refractivity contribution in [1.82, 2.24) is 10.6 Å². The van der Waals surface area contributed by atoms with Crippen molar-refractivity contribution in [3.05, 3.63) is 0 Å². The van der Waals surface area contributed by atoms with Gasteiger partial charge in [0.05, 0.1) is 13.1 Å². The summed E-state index contributed by atoms with van der Waals surface area (Å²) in [5, 5.41) is 5.32. The first kappa shape index (κ1) is 19.8. The van der Waals surface area contributed by atoms with E-state index >= 15 is 0 Å². The number of alkyl carbamates (subject to hydrolysis) is 2. The van der Waals surface area contributed by atoms with E-state index in [1.54, 1.807) is 0 Å². The molecule has 2 fully saturated rings. The second-order valence-corrected chi connectivity index (χ2v) is 6.73. The predicted molar refractivity (Wildman–Crippen MR) is 91.0 cm³/mol. The maximum absolute atomic E-state index is 11.0. The highest BCUT2D eigenvalue weighted by atomic mass is 16.6. The second-order valence-electron chi connectivity index (χ2n) is 6.73. The highest BCUT2D eigenvalue weighted by Gasteiger charge is 2.28. The zero-order valence-corrected chi connectivity index (χ0v) is 15.0. The normalized spacial score (nSPS) is 24.9. The number of carbonyl (C=O) groups excluding carboxylic acids is 2. The van der Waals surface area contributed by atoms with E-state index in [1.807, 2.05) is 0 Å². The van der Waals surface area contributed by atoms with Crippen LogP contribution in [0.3, 0.4) is 0 Å². The molecule has 2 aliphatic heterocycles. The molecule has 0 spiro atoms. The van der Waals surface area contributed by atoms with Crippen LogP contribution in [0.5, 0.6) is 0 Å². The highest BCUT2D eigenvalue weighted by molar-refractivity contribution is 6.17. The van der Waals surface area contributed by atoms with E-state index in [9.17, 15) is 9.59 Å². The Morgan fingerprint density at radius 1 is 0.960 bits per heavy atom. The van der Waals surface area contributed by atoms with Crippen molar-refractivity contribution in [1.29, 1.82) is 0 Å². The van der Waals surface area contributed by atoms with Gasteiger partial charge < -0.3 is 29.4 Å². The molecule has 8 nitrogen and oxygen atoms in total. The summed E-state index contributed by atoms with van der Waals surface area (Å²) in [6.07, 6.45) is 2.89. The van der Waals surface area contributed by atoms with Gasteiger partial charge in [-0.15, -0.1) is 0 Å². The van der Waals surface area contributed by atoms with E-state index in [2.05, 4.69) is 24.5 Å². The summed E-state index contributed by atoms with van der Waals surface area (Å²) in [6.45, 7) is 6.49. The van der Waals surface area contributed by atoms with Crippen LogP contribution in [0.1, 0.15) is 39.5 Å². The molecule has 2 aliphatic rings. The number of nitrogens with one attached hydrogen (secondary N) is 2. The molecule has 2 amide bonds. The van der Waals surface area contributed by atoms with Crippen LogP contribution in [0.15, 0.2) is 0 Å². The average molecular weight is 355 g/mol. The van der Waals surface area contributed by atoms with Crippen LogP contribution in [-0.2, 0) is 18.8 Å². The zero-order chi connectivity index (χ0) is 18.1. The first-order valence-corrected chi connectivity index (χ1v) is 9.00. The Labute approximate surface area is 149 Å². The molecule has 2 heterocycles. The monoisotopic (exact) mass is 355 g/mol. The molecule has 141 valence electrons. The Kier molecular flexibility index (Phi) is 8.34. The molecule has 0 aromatic rings. The number of ether oxygens (including phenoxy) is 2. The van der Waals surface area contributed by atoms with E-state index in [4.69, 9.17) is 18.8 Å². The molecule has 0 aliphatic carbocycles. The molecule has 0 bridgehead atoms. The SMILES string of the molecule is CC(CCCO[B]OCCCC(C)C1CNC(=O)O1)C1CNC(=O)O1. The van der Waals surface area contributed by atoms with Crippen molar-refractivity contribution < 1.29 is 28.4 Å². The lowest BCUT2D eigenvalue weighted by atomic mass is 9.99. The number of amides is 2. The number of rotatable bonds is 12. The van der Waals surface area contributed by atoms with Crippen molar-refractivity contribution in [3.8, 4) is 0 Å². The van der Waals surface area contributed by atoms with Gasteiger partial charge in [-0.3, -0.25) is 0 Å². The largest absolute Gasteiger partial charge is 0.487 e. The van der Waals surface area contributed by atoms with Crippen LogP contribution < -0.4 is 10.6 Å².